The number of para-hydroxylation sites is 1. The van der Waals surface area contributed by atoms with Gasteiger partial charge in [-0.05, 0) is 31.0 Å². The predicted molar refractivity (Wildman–Crippen MR) is 103 cm³/mol. The highest BCUT2D eigenvalue weighted by Gasteiger charge is 2.25. The molecular formula is C21H23N5. The maximum Gasteiger partial charge on any atom is 0.138 e. The van der Waals surface area contributed by atoms with E-state index >= 15 is 0 Å². The van der Waals surface area contributed by atoms with E-state index in [9.17, 15) is 0 Å². The molecule has 1 aliphatic carbocycles. The largest absolute Gasteiger partial charge is 0.339 e. The molecule has 5 heteroatoms. The number of rotatable bonds is 5. The van der Waals surface area contributed by atoms with Gasteiger partial charge in [0.2, 0.25) is 0 Å². The molecular weight excluding hydrogens is 322 g/mol. The molecule has 1 fully saturated rings. The highest BCUT2D eigenvalue weighted by Crippen LogP contribution is 2.32. The van der Waals surface area contributed by atoms with E-state index in [4.69, 9.17) is 0 Å². The van der Waals surface area contributed by atoms with Gasteiger partial charge in [-0.25, -0.2) is 9.97 Å². The van der Waals surface area contributed by atoms with Crippen LogP contribution in [0.3, 0.4) is 0 Å². The van der Waals surface area contributed by atoms with E-state index in [0.717, 1.165) is 53.7 Å². The third-order valence-electron chi connectivity index (χ3n) is 5.72. The molecule has 0 amide bonds. The van der Waals surface area contributed by atoms with Crippen LogP contribution in [-0.4, -0.2) is 26.4 Å². The lowest BCUT2D eigenvalue weighted by molar-refractivity contribution is 0.215. The van der Waals surface area contributed by atoms with Crippen molar-refractivity contribution in [1.29, 1.82) is 0 Å². The minimum absolute atomic E-state index is 0.915. The fourth-order valence-corrected chi connectivity index (χ4v) is 3.93. The minimum Gasteiger partial charge on any atom is -0.339 e. The minimum atomic E-state index is 0.915. The van der Waals surface area contributed by atoms with Gasteiger partial charge < -0.3 is 5.32 Å². The number of benzene rings is 1. The number of nitrogens with one attached hydrogen (secondary N) is 1. The molecule has 0 radical (unpaired) electrons. The molecule has 1 aromatic carbocycles. The van der Waals surface area contributed by atoms with Crippen LogP contribution >= 0.6 is 0 Å². The van der Waals surface area contributed by atoms with Crippen LogP contribution in [0.5, 0.6) is 0 Å². The number of nitrogens with zero attached hydrogens (tertiary/aromatic N) is 4. The number of hydrogen-bond donors (Lipinski definition) is 1. The van der Waals surface area contributed by atoms with Gasteiger partial charge in [0.25, 0.3) is 0 Å². The van der Waals surface area contributed by atoms with Crippen molar-refractivity contribution < 1.29 is 0 Å². The van der Waals surface area contributed by atoms with E-state index in [-0.39, 0.29) is 0 Å². The quantitative estimate of drug-likeness (QED) is 0.748. The Kier molecular flexibility index (Phi) is 4.02. The van der Waals surface area contributed by atoms with Gasteiger partial charge in [0.1, 0.15) is 12.1 Å². The highest BCUT2D eigenvalue weighted by molar-refractivity contribution is 5.82. The summed E-state index contributed by atoms with van der Waals surface area (Å²) >= 11 is 0. The molecule has 5 nitrogen and oxygen atoms in total. The Hall–Kier alpha value is -2.53. The average Bonchev–Trinajstić information content (AvgIpc) is 3.04. The first kappa shape index (κ1) is 15.7. The summed E-state index contributed by atoms with van der Waals surface area (Å²) in [6.07, 6.45) is 9.12. The van der Waals surface area contributed by atoms with Gasteiger partial charge in [-0.3, -0.25) is 9.88 Å². The molecule has 0 saturated heterocycles. The molecule has 0 unspecified atom stereocenters. The third-order valence-corrected chi connectivity index (χ3v) is 5.72. The van der Waals surface area contributed by atoms with E-state index in [1.165, 1.54) is 31.2 Å². The Morgan fingerprint density at radius 1 is 1.08 bits per heavy atom. The fourth-order valence-electron chi connectivity index (χ4n) is 3.93. The monoisotopic (exact) mass is 345 g/mol. The number of aromatic nitrogens is 3. The normalized spacial score (nSPS) is 17.2. The average molecular weight is 345 g/mol. The SMILES string of the molecule is c1ccc2ncc(Nc3ncnc4c3CN(CCC3CCC3)C4)cc2c1. The van der Waals surface area contributed by atoms with Crippen molar-refractivity contribution in [2.45, 2.75) is 38.8 Å². The smallest absolute Gasteiger partial charge is 0.138 e. The summed E-state index contributed by atoms with van der Waals surface area (Å²) in [6, 6.07) is 10.3. The molecule has 26 heavy (non-hydrogen) atoms. The second-order valence-electron chi connectivity index (χ2n) is 7.49. The second kappa shape index (κ2) is 6.65. The van der Waals surface area contributed by atoms with Gasteiger partial charge in [-0.2, -0.15) is 0 Å². The Bertz CT molecular complexity index is 935. The van der Waals surface area contributed by atoms with E-state index in [2.05, 4.69) is 37.3 Å². The van der Waals surface area contributed by atoms with Crippen molar-refractivity contribution in [2.24, 2.45) is 5.92 Å². The van der Waals surface area contributed by atoms with Crippen molar-refractivity contribution in [2.75, 3.05) is 11.9 Å². The van der Waals surface area contributed by atoms with Crippen molar-refractivity contribution in [3.05, 3.63) is 54.1 Å². The zero-order valence-electron chi connectivity index (χ0n) is 14.9. The lowest BCUT2D eigenvalue weighted by Crippen LogP contribution is -2.23. The maximum absolute atomic E-state index is 4.53. The summed E-state index contributed by atoms with van der Waals surface area (Å²) < 4.78 is 0. The molecule has 132 valence electrons. The van der Waals surface area contributed by atoms with Crippen LogP contribution in [0.2, 0.25) is 0 Å². The van der Waals surface area contributed by atoms with Gasteiger partial charge in [-0.1, -0.05) is 37.5 Å². The number of hydrogen-bond acceptors (Lipinski definition) is 5. The van der Waals surface area contributed by atoms with E-state index in [1.54, 1.807) is 6.33 Å². The Labute approximate surface area is 153 Å². The summed E-state index contributed by atoms with van der Waals surface area (Å²) in [5.41, 5.74) is 4.37. The molecule has 5 rings (SSSR count). The van der Waals surface area contributed by atoms with Gasteiger partial charge >= 0.3 is 0 Å². The van der Waals surface area contributed by atoms with Crippen LogP contribution in [-0.2, 0) is 13.1 Å². The number of anilines is 2. The van der Waals surface area contributed by atoms with Crippen LogP contribution in [0.4, 0.5) is 11.5 Å². The molecule has 1 aliphatic heterocycles. The molecule has 1 N–H and O–H groups in total. The highest BCUT2D eigenvalue weighted by atomic mass is 15.2. The van der Waals surface area contributed by atoms with E-state index < -0.39 is 0 Å². The third kappa shape index (κ3) is 3.03. The zero-order valence-corrected chi connectivity index (χ0v) is 14.9. The lowest BCUT2D eigenvalue weighted by Gasteiger charge is -2.27. The van der Waals surface area contributed by atoms with Crippen molar-refractivity contribution in [1.82, 2.24) is 19.9 Å². The standard InChI is InChI=1S/C21H23N5/c1-2-7-19-16(6-1)10-17(11-22-19)25-21-18-12-26(9-8-15-4-3-5-15)13-20(18)23-14-24-21/h1-2,6-7,10-11,14-15H,3-5,8-9,12-13H2,(H,23,24,25). The first-order valence-corrected chi connectivity index (χ1v) is 9.52. The fraction of sp³-hybridized carbons (Fsp3) is 0.381. The molecule has 3 aromatic rings. The number of pyridine rings is 1. The topological polar surface area (TPSA) is 53.9 Å². The van der Waals surface area contributed by atoms with Gasteiger partial charge in [0.05, 0.1) is 23.1 Å². The first-order chi connectivity index (χ1) is 12.8. The first-order valence-electron chi connectivity index (χ1n) is 9.52. The van der Waals surface area contributed by atoms with Gasteiger partial charge in [0.15, 0.2) is 0 Å². The molecule has 0 spiro atoms. The van der Waals surface area contributed by atoms with Gasteiger partial charge in [0, 0.05) is 24.0 Å². The molecule has 2 aromatic heterocycles. The summed E-state index contributed by atoms with van der Waals surface area (Å²) in [6.45, 7) is 3.04. The van der Waals surface area contributed by atoms with Crippen LogP contribution in [0.1, 0.15) is 36.9 Å². The Morgan fingerprint density at radius 3 is 2.88 bits per heavy atom. The predicted octanol–water partition coefficient (Wildman–Crippen LogP) is 4.27. The Balaban J connectivity index is 1.33. The number of fused-ring (bicyclic) bond motifs is 2. The Morgan fingerprint density at radius 2 is 2.00 bits per heavy atom. The van der Waals surface area contributed by atoms with Crippen LogP contribution < -0.4 is 5.32 Å². The summed E-state index contributed by atoms with van der Waals surface area (Å²) in [7, 11) is 0. The summed E-state index contributed by atoms with van der Waals surface area (Å²) in [5.74, 6) is 1.87. The zero-order chi connectivity index (χ0) is 17.3. The van der Waals surface area contributed by atoms with E-state index in [1.807, 2.05) is 24.4 Å². The van der Waals surface area contributed by atoms with Gasteiger partial charge in [-0.15, -0.1) is 0 Å². The lowest BCUT2D eigenvalue weighted by atomic mass is 9.83. The van der Waals surface area contributed by atoms with Crippen LogP contribution in [0.25, 0.3) is 10.9 Å². The summed E-state index contributed by atoms with van der Waals surface area (Å²) in [5, 5.41) is 4.59. The van der Waals surface area contributed by atoms with Crippen molar-refractivity contribution >= 4 is 22.4 Å². The van der Waals surface area contributed by atoms with E-state index in [0.29, 0.717) is 0 Å². The summed E-state index contributed by atoms with van der Waals surface area (Å²) in [4.78, 5) is 16.1. The van der Waals surface area contributed by atoms with Crippen LogP contribution in [0, 0.1) is 5.92 Å². The second-order valence-corrected chi connectivity index (χ2v) is 7.49. The van der Waals surface area contributed by atoms with Crippen LogP contribution in [0.15, 0.2) is 42.9 Å². The maximum atomic E-state index is 4.53. The van der Waals surface area contributed by atoms with Crippen molar-refractivity contribution in [3.8, 4) is 0 Å². The molecule has 0 atom stereocenters. The molecule has 0 bridgehead atoms. The molecule has 3 heterocycles. The van der Waals surface area contributed by atoms with Crippen molar-refractivity contribution in [3.63, 3.8) is 0 Å². The molecule has 2 aliphatic rings. The molecule has 1 saturated carbocycles.